The maximum absolute atomic E-state index is 11.7. The second kappa shape index (κ2) is 8.89. The van der Waals surface area contributed by atoms with E-state index >= 15 is 0 Å². The van der Waals surface area contributed by atoms with Gasteiger partial charge in [-0.25, -0.2) is 12.7 Å². The predicted octanol–water partition coefficient (Wildman–Crippen LogP) is 0.438. The minimum Gasteiger partial charge on any atom is -0.497 e. The van der Waals surface area contributed by atoms with Gasteiger partial charge in [0.15, 0.2) is 5.96 Å². The molecule has 134 valence electrons. The Kier molecular flexibility index (Phi) is 6.86. The van der Waals surface area contributed by atoms with Gasteiger partial charge in [0, 0.05) is 33.2 Å². The maximum Gasteiger partial charge on any atom is 0.214 e. The number of nitrogens with one attached hydrogen (secondary N) is 2. The van der Waals surface area contributed by atoms with Gasteiger partial charge in [0.1, 0.15) is 5.75 Å². The van der Waals surface area contributed by atoms with Crippen LogP contribution in [0.3, 0.4) is 0 Å². The van der Waals surface area contributed by atoms with E-state index in [1.807, 2.05) is 24.3 Å². The quantitative estimate of drug-likeness (QED) is 0.548. The SMILES string of the molecule is CN=C(NCCc1ccc(OC)cc1)NCCN1CCCS1(=O)=O. The summed E-state index contributed by atoms with van der Waals surface area (Å²) < 4.78 is 30.1. The maximum atomic E-state index is 11.7. The molecular formula is C16H26N4O3S. The molecule has 1 heterocycles. The fraction of sp³-hybridized carbons (Fsp3) is 0.562. The van der Waals surface area contributed by atoms with Gasteiger partial charge >= 0.3 is 0 Å². The van der Waals surface area contributed by atoms with Crippen molar-refractivity contribution in [3.63, 3.8) is 0 Å². The van der Waals surface area contributed by atoms with Crippen LogP contribution >= 0.6 is 0 Å². The Morgan fingerprint density at radius 1 is 1.25 bits per heavy atom. The van der Waals surface area contributed by atoms with E-state index in [-0.39, 0.29) is 5.75 Å². The van der Waals surface area contributed by atoms with Gasteiger partial charge in [-0.05, 0) is 30.5 Å². The van der Waals surface area contributed by atoms with E-state index in [1.54, 1.807) is 14.2 Å². The van der Waals surface area contributed by atoms with Crippen LogP contribution in [0.2, 0.25) is 0 Å². The molecule has 24 heavy (non-hydrogen) atoms. The molecule has 0 bridgehead atoms. The summed E-state index contributed by atoms with van der Waals surface area (Å²) in [6.45, 7) is 2.38. The molecule has 1 saturated heterocycles. The molecule has 1 aromatic carbocycles. The Morgan fingerprint density at radius 2 is 1.96 bits per heavy atom. The largest absolute Gasteiger partial charge is 0.497 e. The number of benzene rings is 1. The molecule has 7 nitrogen and oxygen atoms in total. The van der Waals surface area contributed by atoms with Gasteiger partial charge in [0.25, 0.3) is 0 Å². The Labute approximate surface area is 144 Å². The average Bonchev–Trinajstić information content (AvgIpc) is 2.92. The lowest BCUT2D eigenvalue weighted by Gasteiger charge is -2.16. The molecule has 0 amide bonds. The second-order valence-electron chi connectivity index (χ2n) is 5.59. The monoisotopic (exact) mass is 354 g/mol. The van der Waals surface area contributed by atoms with E-state index < -0.39 is 10.0 Å². The fourth-order valence-electron chi connectivity index (χ4n) is 2.58. The number of hydrogen-bond acceptors (Lipinski definition) is 4. The first-order valence-electron chi connectivity index (χ1n) is 8.10. The lowest BCUT2D eigenvalue weighted by molar-refractivity contribution is 0.414. The van der Waals surface area contributed by atoms with Crippen molar-refractivity contribution in [2.75, 3.05) is 46.1 Å². The summed E-state index contributed by atoms with van der Waals surface area (Å²) in [5.74, 6) is 1.79. The van der Waals surface area contributed by atoms with E-state index in [1.165, 1.54) is 9.87 Å². The number of ether oxygens (including phenoxy) is 1. The summed E-state index contributed by atoms with van der Waals surface area (Å²) in [4.78, 5) is 4.15. The summed E-state index contributed by atoms with van der Waals surface area (Å²) in [7, 11) is 0.328. The van der Waals surface area contributed by atoms with Gasteiger partial charge in [-0.3, -0.25) is 4.99 Å². The molecule has 0 atom stereocenters. The van der Waals surface area contributed by atoms with Crippen LogP contribution < -0.4 is 15.4 Å². The van der Waals surface area contributed by atoms with Gasteiger partial charge in [-0.2, -0.15) is 0 Å². The molecule has 8 heteroatoms. The van der Waals surface area contributed by atoms with Crippen LogP contribution in [0.25, 0.3) is 0 Å². The third-order valence-corrected chi connectivity index (χ3v) is 5.90. The summed E-state index contributed by atoms with van der Waals surface area (Å²) in [5.41, 5.74) is 1.21. The van der Waals surface area contributed by atoms with Crippen LogP contribution in [-0.4, -0.2) is 64.8 Å². The number of aliphatic imine (C=N–C) groups is 1. The standard InChI is InChI=1S/C16H26N4O3S/c1-17-16(19-10-12-20-11-3-13-24(20,21)22)18-9-8-14-4-6-15(23-2)7-5-14/h4-7H,3,8-13H2,1-2H3,(H2,17,18,19). The summed E-state index contributed by atoms with van der Waals surface area (Å²) in [5, 5.41) is 6.38. The highest BCUT2D eigenvalue weighted by atomic mass is 32.2. The van der Waals surface area contributed by atoms with E-state index in [9.17, 15) is 8.42 Å². The first-order valence-corrected chi connectivity index (χ1v) is 9.71. The second-order valence-corrected chi connectivity index (χ2v) is 7.68. The van der Waals surface area contributed by atoms with E-state index in [2.05, 4.69) is 15.6 Å². The lowest BCUT2D eigenvalue weighted by atomic mass is 10.1. The van der Waals surface area contributed by atoms with Crippen molar-refractivity contribution in [1.82, 2.24) is 14.9 Å². The zero-order valence-electron chi connectivity index (χ0n) is 14.3. The summed E-state index contributed by atoms with van der Waals surface area (Å²) in [6, 6.07) is 7.96. The normalized spacial score (nSPS) is 17.7. The van der Waals surface area contributed by atoms with Crippen molar-refractivity contribution in [2.24, 2.45) is 4.99 Å². The highest BCUT2D eigenvalue weighted by Gasteiger charge is 2.27. The van der Waals surface area contributed by atoms with Crippen LogP contribution in [0.1, 0.15) is 12.0 Å². The van der Waals surface area contributed by atoms with Crippen molar-refractivity contribution in [3.05, 3.63) is 29.8 Å². The molecule has 1 aliphatic rings. The minimum absolute atomic E-state index is 0.266. The molecule has 2 rings (SSSR count). The van der Waals surface area contributed by atoms with E-state index in [4.69, 9.17) is 4.74 Å². The molecule has 1 fully saturated rings. The Bertz CT molecular complexity index is 644. The molecular weight excluding hydrogens is 328 g/mol. The van der Waals surface area contributed by atoms with Crippen molar-refractivity contribution in [3.8, 4) is 5.75 Å². The number of sulfonamides is 1. The summed E-state index contributed by atoms with van der Waals surface area (Å²) >= 11 is 0. The molecule has 0 aliphatic carbocycles. The first-order chi connectivity index (χ1) is 11.5. The zero-order chi connectivity index (χ0) is 17.4. The molecule has 1 aromatic rings. The van der Waals surface area contributed by atoms with Crippen LogP contribution in [0.5, 0.6) is 5.75 Å². The molecule has 0 spiro atoms. The molecule has 0 saturated carbocycles. The summed E-state index contributed by atoms with van der Waals surface area (Å²) in [6.07, 6.45) is 1.59. The molecule has 2 N–H and O–H groups in total. The smallest absolute Gasteiger partial charge is 0.214 e. The van der Waals surface area contributed by atoms with Crippen LogP contribution in [0.4, 0.5) is 0 Å². The number of guanidine groups is 1. The minimum atomic E-state index is -3.03. The van der Waals surface area contributed by atoms with Crippen molar-refractivity contribution < 1.29 is 13.2 Å². The topological polar surface area (TPSA) is 83.0 Å². The van der Waals surface area contributed by atoms with Gasteiger partial charge in [0.2, 0.25) is 10.0 Å². The van der Waals surface area contributed by atoms with Crippen molar-refractivity contribution in [2.45, 2.75) is 12.8 Å². The van der Waals surface area contributed by atoms with Gasteiger partial charge in [-0.1, -0.05) is 12.1 Å². The van der Waals surface area contributed by atoms with Gasteiger partial charge in [-0.15, -0.1) is 0 Å². The lowest BCUT2D eigenvalue weighted by Crippen LogP contribution is -2.42. The number of hydrogen-bond donors (Lipinski definition) is 2. The third-order valence-electron chi connectivity index (χ3n) is 3.95. The van der Waals surface area contributed by atoms with E-state index in [0.29, 0.717) is 25.6 Å². The van der Waals surface area contributed by atoms with E-state index in [0.717, 1.165) is 25.1 Å². The van der Waals surface area contributed by atoms with Crippen LogP contribution in [-0.2, 0) is 16.4 Å². The Hall–Kier alpha value is -1.80. The molecule has 0 aromatic heterocycles. The Morgan fingerprint density at radius 3 is 2.54 bits per heavy atom. The third kappa shape index (κ3) is 5.38. The highest BCUT2D eigenvalue weighted by Crippen LogP contribution is 2.12. The molecule has 0 radical (unpaired) electrons. The van der Waals surface area contributed by atoms with Gasteiger partial charge in [0.05, 0.1) is 12.9 Å². The number of nitrogens with zero attached hydrogens (tertiary/aromatic N) is 2. The number of methoxy groups -OCH3 is 1. The van der Waals surface area contributed by atoms with Crippen molar-refractivity contribution >= 4 is 16.0 Å². The predicted molar refractivity (Wildman–Crippen MR) is 96.0 cm³/mol. The average molecular weight is 354 g/mol. The van der Waals surface area contributed by atoms with Gasteiger partial charge < -0.3 is 15.4 Å². The van der Waals surface area contributed by atoms with Crippen molar-refractivity contribution in [1.29, 1.82) is 0 Å². The molecule has 1 aliphatic heterocycles. The highest BCUT2D eigenvalue weighted by molar-refractivity contribution is 7.89. The number of rotatable bonds is 7. The molecule has 0 unspecified atom stereocenters. The van der Waals surface area contributed by atoms with Crippen LogP contribution in [0, 0.1) is 0 Å². The Balaban J connectivity index is 1.68. The zero-order valence-corrected chi connectivity index (χ0v) is 15.1. The fourth-order valence-corrected chi connectivity index (χ4v) is 4.11. The first kappa shape index (κ1) is 18.5. The van der Waals surface area contributed by atoms with Crippen LogP contribution in [0.15, 0.2) is 29.3 Å².